The van der Waals surface area contributed by atoms with Crippen LogP contribution in [0.3, 0.4) is 0 Å². The highest BCUT2D eigenvalue weighted by molar-refractivity contribution is 7.80. The van der Waals surface area contributed by atoms with Crippen molar-refractivity contribution in [3.05, 3.63) is 65.2 Å². The maximum atomic E-state index is 12.8. The molecule has 1 aliphatic heterocycles. The first-order valence-corrected chi connectivity index (χ1v) is 9.67. The molecule has 0 bridgehead atoms. The van der Waals surface area contributed by atoms with Gasteiger partial charge in [-0.25, -0.2) is 4.79 Å². The van der Waals surface area contributed by atoms with Gasteiger partial charge in [-0.2, -0.15) is 0 Å². The largest absolute Gasteiger partial charge is 0.465 e. The van der Waals surface area contributed by atoms with E-state index in [2.05, 4.69) is 15.4 Å². The number of rotatable bonds is 4. The maximum Gasteiger partial charge on any atom is 0.337 e. The Labute approximate surface area is 179 Å². The van der Waals surface area contributed by atoms with Gasteiger partial charge in [-0.1, -0.05) is 18.2 Å². The summed E-state index contributed by atoms with van der Waals surface area (Å²) in [6.07, 6.45) is 0. The number of morpholine rings is 1. The Balaban J connectivity index is 1.69. The van der Waals surface area contributed by atoms with E-state index in [1.54, 1.807) is 47.4 Å². The van der Waals surface area contributed by atoms with Crippen molar-refractivity contribution < 1.29 is 23.9 Å². The molecule has 0 radical (unpaired) electrons. The summed E-state index contributed by atoms with van der Waals surface area (Å²) >= 11 is 5.24. The van der Waals surface area contributed by atoms with Crippen molar-refractivity contribution in [3.8, 4) is 0 Å². The van der Waals surface area contributed by atoms with Crippen molar-refractivity contribution in [1.82, 2.24) is 10.2 Å². The average Bonchev–Trinajstić information content (AvgIpc) is 2.79. The summed E-state index contributed by atoms with van der Waals surface area (Å²) < 4.78 is 9.95. The number of ether oxygens (including phenoxy) is 2. The molecule has 2 aromatic carbocycles. The predicted octanol–water partition coefficient (Wildman–Crippen LogP) is 2.07. The van der Waals surface area contributed by atoms with E-state index >= 15 is 0 Å². The van der Waals surface area contributed by atoms with Gasteiger partial charge in [-0.15, -0.1) is 0 Å². The normalized spacial score (nSPS) is 13.3. The van der Waals surface area contributed by atoms with Crippen molar-refractivity contribution in [1.29, 1.82) is 0 Å². The van der Waals surface area contributed by atoms with Gasteiger partial charge in [-0.3, -0.25) is 14.9 Å². The number of anilines is 1. The third kappa shape index (κ3) is 5.19. The van der Waals surface area contributed by atoms with Gasteiger partial charge in [0.25, 0.3) is 11.8 Å². The summed E-state index contributed by atoms with van der Waals surface area (Å²) in [5.41, 5.74) is 1.44. The molecule has 0 atom stereocenters. The highest BCUT2D eigenvalue weighted by Gasteiger charge is 2.21. The molecule has 3 rings (SSSR count). The first kappa shape index (κ1) is 21.4. The SMILES string of the molecule is COC(=O)c1cccc(C(=O)NC(=S)Nc2ccccc2C(=O)N2CCOCC2)c1. The third-order valence-electron chi connectivity index (χ3n) is 4.48. The number of benzene rings is 2. The van der Waals surface area contributed by atoms with E-state index in [1.807, 2.05) is 0 Å². The van der Waals surface area contributed by atoms with E-state index in [0.717, 1.165) is 0 Å². The zero-order valence-electron chi connectivity index (χ0n) is 16.3. The van der Waals surface area contributed by atoms with Gasteiger partial charge in [0.15, 0.2) is 5.11 Å². The summed E-state index contributed by atoms with van der Waals surface area (Å²) in [7, 11) is 1.27. The Morgan fingerprint density at radius 2 is 1.73 bits per heavy atom. The monoisotopic (exact) mass is 427 g/mol. The molecule has 1 fully saturated rings. The number of hydrogen-bond donors (Lipinski definition) is 2. The smallest absolute Gasteiger partial charge is 0.337 e. The molecule has 156 valence electrons. The van der Waals surface area contributed by atoms with Gasteiger partial charge < -0.3 is 19.7 Å². The van der Waals surface area contributed by atoms with Gasteiger partial charge in [0.2, 0.25) is 0 Å². The Morgan fingerprint density at radius 3 is 2.47 bits per heavy atom. The molecule has 0 aliphatic carbocycles. The standard InChI is InChI=1S/C21H21N3O5S/c1-28-20(27)15-6-4-5-14(13-15)18(25)23-21(30)22-17-8-3-2-7-16(17)19(26)24-9-11-29-12-10-24/h2-8,13H,9-12H2,1H3,(H2,22,23,25,30). The Kier molecular flexibility index (Phi) is 7.10. The van der Waals surface area contributed by atoms with E-state index in [4.69, 9.17) is 17.0 Å². The van der Waals surface area contributed by atoms with Crippen LogP contribution < -0.4 is 10.6 Å². The molecule has 9 heteroatoms. The lowest BCUT2D eigenvalue weighted by molar-refractivity contribution is 0.0303. The van der Waals surface area contributed by atoms with Crippen molar-refractivity contribution in [2.75, 3.05) is 38.7 Å². The van der Waals surface area contributed by atoms with Crippen LogP contribution in [0.25, 0.3) is 0 Å². The van der Waals surface area contributed by atoms with E-state index in [9.17, 15) is 14.4 Å². The second-order valence-electron chi connectivity index (χ2n) is 6.43. The number of para-hydroxylation sites is 1. The molecule has 2 amide bonds. The van der Waals surface area contributed by atoms with E-state index in [1.165, 1.54) is 13.2 Å². The van der Waals surface area contributed by atoms with Crippen molar-refractivity contribution in [2.45, 2.75) is 0 Å². The first-order valence-electron chi connectivity index (χ1n) is 9.26. The lowest BCUT2D eigenvalue weighted by Crippen LogP contribution is -2.41. The number of nitrogens with one attached hydrogen (secondary N) is 2. The zero-order valence-corrected chi connectivity index (χ0v) is 17.2. The molecular formula is C21H21N3O5S. The second kappa shape index (κ2) is 9.95. The van der Waals surface area contributed by atoms with Crippen LogP contribution in [0, 0.1) is 0 Å². The molecule has 0 saturated carbocycles. The molecule has 1 saturated heterocycles. The minimum atomic E-state index is -0.541. The van der Waals surface area contributed by atoms with Crippen LogP contribution in [0.1, 0.15) is 31.1 Å². The number of hydrogen-bond acceptors (Lipinski definition) is 6. The first-order chi connectivity index (χ1) is 14.5. The topological polar surface area (TPSA) is 97.0 Å². The number of carbonyl (C=O) groups is 3. The molecule has 2 aromatic rings. The van der Waals surface area contributed by atoms with E-state index in [-0.39, 0.29) is 22.1 Å². The molecule has 0 spiro atoms. The van der Waals surface area contributed by atoms with Crippen LogP contribution in [0.15, 0.2) is 48.5 Å². The minimum absolute atomic E-state index is 0.0331. The van der Waals surface area contributed by atoms with Crippen LogP contribution in [-0.4, -0.2) is 61.2 Å². The minimum Gasteiger partial charge on any atom is -0.465 e. The lowest BCUT2D eigenvalue weighted by atomic mass is 10.1. The molecule has 8 nitrogen and oxygen atoms in total. The molecule has 1 heterocycles. The number of methoxy groups -OCH3 is 1. The Morgan fingerprint density at radius 1 is 1.03 bits per heavy atom. The second-order valence-corrected chi connectivity index (χ2v) is 6.84. The summed E-state index contributed by atoms with van der Waals surface area (Å²) in [6.45, 7) is 2.04. The molecular weight excluding hydrogens is 406 g/mol. The van der Waals surface area contributed by atoms with Crippen molar-refractivity contribution >= 4 is 40.8 Å². The average molecular weight is 427 g/mol. The quantitative estimate of drug-likeness (QED) is 0.570. The van der Waals surface area contributed by atoms with Crippen molar-refractivity contribution in [2.24, 2.45) is 0 Å². The van der Waals surface area contributed by atoms with Crippen LogP contribution in [0.4, 0.5) is 5.69 Å². The van der Waals surface area contributed by atoms with Gasteiger partial charge in [0.1, 0.15) is 0 Å². The highest BCUT2D eigenvalue weighted by atomic mass is 32.1. The van der Waals surface area contributed by atoms with Gasteiger partial charge in [0.05, 0.1) is 37.1 Å². The number of carbonyl (C=O) groups excluding carboxylic acids is 3. The fourth-order valence-electron chi connectivity index (χ4n) is 2.95. The van der Waals surface area contributed by atoms with Crippen LogP contribution in [-0.2, 0) is 9.47 Å². The Hall–Kier alpha value is -3.30. The lowest BCUT2D eigenvalue weighted by Gasteiger charge is -2.27. The number of amides is 2. The molecule has 1 aliphatic rings. The number of esters is 1. The predicted molar refractivity (Wildman–Crippen MR) is 115 cm³/mol. The van der Waals surface area contributed by atoms with Crippen LogP contribution in [0.2, 0.25) is 0 Å². The maximum absolute atomic E-state index is 12.8. The molecule has 0 aromatic heterocycles. The number of nitrogens with zero attached hydrogens (tertiary/aromatic N) is 1. The van der Waals surface area contributed by atoms with E-state index in [0.29, 0.717) is 37.6 Å². The van der Waals surface area contributed by atoms with Crippen LogP contribution in [0.5, 0.6) is 0 Å². The summed E-state index contributed by atoms with van der Waals surface area (Å²) in [6, 6.07) is 13.0. The summed E-state index contributed by atoms with van der Waals surface area (Å²) in [5.74, 6) is -1.17. The van der Waals surface area contributed by atoms with E-state index < -0.39 is 11.9 Å². The number of thiocarbonyl (C=S) groups is 1. The third-order valence-corrected chi connectivity index (χ3v) is 4.68. The van der Waals surface area contributed by atoms with Gasteiger partial charge >= 0.3 is 5.97 Å². The molecule has 30 heavy (non-hydrogen) atoms. The summed E-state index contributed by atoms with van der Waals surface area (Å²) in [4.78, 5) is 38.7. The van der Waals surface area contributed by atoms with Crippen LogP contribution >= 0.6 is 12.2 Å². The fraction of sp³-hybridized carbons (Fsp3) is 0.238. The fourth-order valence-corrected chi connectivity index (χ4v) is 3.15. The summed E-state index contributed by atoms with van der Waals surface area (Å²) in [5, 5.41) is 5.50. The van der Waals surface area contributed by atoms with Gasteiger partial charge in [-0.05, 0) is 42.5 Å². The highest BCUT2D eigenvalue weighted by Crippen LogP contribution is 2.18. The zero-order chi connectivity index (χ0) is 21.5. The molecule has 0 unspecified atom stereocenters. The Bertz CT molecular complexity index is 973. The van der Waals surface area contributed by atoms with Gasteiger partial charge in [0, 0.05) is 18.7 Å². The van der Waals surface area contributed by atoms with Crippen molar-refractivity contribution in [3.63, 3.8) is 0 Å². The molecule has 2 N–H and O–H groups in total.